The van der Waals surface area contributed by atoms with Crippen LogP contribution >= 0.6 is 0 Å². The monoisotopic (exact) mass is 254 g/mol. The first-order chi connectivity index (χ1) is 8.44. The van der Waals surface area contributed by atoms with Crippen molar-refractivity contribution in [2.45, 2.75) is 33.4 Å². The molecule has 0 spiro atoms. The van der Waals surface area contributed by atoms with Crippen LogP contribution in [0.1, 0.15) is 26.5 Å². The summed E-state index contributed by atoms with van der Waals surface area (Å²) >= 11 is 0. The van der Waals surface area contributed by atoms with Crippen LogP contribution in [0.5, 0.6) is 0 Å². The summed E-state index contributed by atoms with van der Waals surface area (Å²) in [6.07, 6.45) is 1.58. The van der Waals surface area contributed by atoms with Gasteiger partial charge in [0.05, 0.1) is 18.8 Å². The number of carbonyl (C=O) groups excluding carboxylic acids is 1. The van der Waals surface area contributed by atoms with Crippen molar-refractivity contribution in [1.82, 2.24) is 10.6 Å². The van der Waals surface area contributed by atoms with Gasteiger partial charge in [-0.1, -0.05) is 13.8 Å². The third-order valence-electron chi connectivity index (χ3n) is 2.73. The zero-order valence-corrected chi connectivity index (χ0v) is 11.2. The third-order valence-corrected chi connectivity index (χ3v) is 2.73. The Morgan fingerprint density at radius 2 is 2.28 bits per heavy atom. The molecular weight excluding hydrogens is 232 g/mol. The highest BCUT2D eigenvalue weighted by Gasteiger charge is 2.19. The Balaban J connectivity index is 2.29. The molecule has 0 aliphatic carbocycles. The molecule has 18 heavy (non-hydrogen) atoms. The van der Waals surface area contributed by atoms with Gasteiger partial charge in [0.15, 0.2) is 0 Å². The normalized spacial score (nSPS) is 13.3. The van der Waals surface area contributed by atoms with Gasteiger partial charge in [-0.3, -0.25) is 4.79 Å². The predicted octanol–water partition coefficient (Wildman–Crippen LogP) is 0.892. The lowest BCUT2D eigenvalue weighted by molar-refractivity contribution is -0.123. The first-order valence-corrected chi connectivity index (χ1v) is 6.09. The molecule has 5 heteroatoms. The van der Waals surface area contributed by atoms with Gasteiger partial charge < -0.3 is 20.2 Å². The molecule has 0 aliphatic rings. The topological polar surface area (TPSA) is 74.5 Å². The standard InChI is InChI=1S/C13H22N2O3/c1-10(15-8-13(2,3)9-16)12(17)14-7-11-5-4-6-18-11/h4-6,10,15-16H,7-9H2,1-3H3,(H,14,17). The molecule has 1 heterocycles. The lowest BCUT2D eigenvalue weighted by atomic mass is 9.94. The van der Waals surface area contributed by atoms with Crippen molar-refractivity contribution in [1.29, 1.82) is 0 Å². The zero-order chi connectivity index (χ0) is 13.6. The highest BCUT2D eigenvalue weighted by atomic mass is 16.3. The van der Waals surface area contributed by atoms with E-state index in [1.807, 2.05) is 19.9 Å². The van der Waals surface area contributed by atoms with E-state index in [1.54, 1.807) is 19.3 Å². The van der Waals surface area contributed by atoms with E-state index in [-0.39, 0.29) is 24.0 Å². The number of amides is 1. The van der Waals surface area contributed by atoms with Crippen molar-refractivity contribution >= 4 is 5.91 Å². The van der Waals surface area contributed by atoms with Gasteiger partial charge in [-0.15, -0.1) is 0 Å². The second kappa shape index (κ2) is 6.56. The van der Waals surface area contributed by atoms with Gasteiger partial charge in [0.2, 0.25) is 5.91 Å². The summed E-state index contributed by atoms with van der Waals surface area (Å²) in [6.45, 7) is 6.73. The number of rotatable bonds is 7. The van der Waals surface area contributed by atoms with E-state index in [4.69, 9.17) is 9.52 Å². The minimum atomic E-state index is -0.300. The molecule has 1 aromatic rings. The van der Waals surface area contributed by atoms with Gasteiger partial charge in [0, 0.05) is 18.6 Å². The van der Waals surface area contributed by atoms with Crippen LogP contribution in [0.2, 0.25) is 0 Å². The van der Waals surface area contributed by atoms with E-state index in [1.165, 1.54) is 0 Å². The summed E-state index contributed by atoms with van der Waals surface area (Å²) in [6, 6.07) is 3.30. The molecule has 0 saturated carbocycles. The van der Waals surface area contributed by atoms with Crippen LogP contribution in [0.3, 0.4) is 0 Å². The fraction of sp³-hybridized carbons (Fsp3) is 0.615. The number of carbonyl (C=O) groups is 1. The second-order valence-corrected chi connectivity index (χ2v) is 5.22. The second-order valence-electron chi connectivity index (χ2n) is 5.22. The molecule has 0 fully saturated rings. The number of aliphatic hydroxyl groups is 1. The Morgan fingerprint density at radius 3 is 2.83 bits per heavy atom. The quantitative estimate of drug-likeness (QED) is 0.675. The Morgan fingerprint density at radius 1 is 1.56 bits per heavy atom. The Kier molecular flexibility index (Phi) is 5.37. The molecule has 3 N–H and O–H groups in total. The number of nitrogens with one attached hydrogen (secondary N) is 2. The minimum Gasteiger partial charge on any atom is -0.467 e. The summed E-state index contributed by atoms with van der Waals surface area (Å²) < 4.78 is 5.13. The molecule has 0 bridgehead atoms. The summed E-state index contributed by atoms with van der Waals surface area (Å²) in [4.78, 5) is 11.8. The summed E-state index contributed by atoms with van der Waals surface area (Å²) in [5, 5.41) is 15.0. The van der Waals surface area contributed by atoms with Crippen LogP contribution in [-0.2, 0) is 11.3 Å². The van der Waals surface area contributed by atoms with Gasteiger partial charge in [-0.05, 0) is 19.1 Å². The smallest absolute Gasteiger partial charge is 0.237 e. The minimum absolute atomic E-state index is 0.0832. The summed E-state index contributed by atoms with van der Waals surface area (Å²) in [7, 11) is 0. The van der Waals surface area contributed by atoms with Crippen molar-refractivity contribution in [3.8, 4) is 0 Å². The molecule has 5 nitrogen and oxygen atoms in total. The van der Waals surface area contributed by atoms with E-state index in [0.29, 0.717) is 13.1 Å². The lowest BCUT2D eigenvalue weighted by Crippen LogP contribution is -2.45. The maximum atomic E-state index is 11.8. The molecule has 0 saturated heterocycles. The Labute approximate surface area is 108 Å². The first kappa shape index (κ1) is 14.7. The van der Waals surface area contributed by atoms with Gasteiger partial charge in [-0.25, -0.2) is 0 Å². The van der Waals surface area contributed by atoms with E-state index in [0.717, 1.165) is 5.76 Å². The molecule has 102 valence electrons. The van der Waals surface area contributed by atoms with E-state index in [9.17, 15) is 4.79 Å². The Hall–Kier alpha value is -1.33. The van der Waals surface area contributed by atoms with Gasteiger partial charge >= 0.3 is 0 Å². The van der Waals surface area contributed by atoms with Crippen LogP contribution in [-0.4, -0.2) is 30.2 Å². The molecular formula is C13H22N2O3. The molecule has 1 rings (SSSR count). The van der Waals surface area contributed by atoms with Gasteiger partial charge in [0.1, 0.15) is 5.76 Å². The number of furan rings is 1. The number of hydrogen-bond donors (Lipinski definition) is 3. The average Bonchev–Trinajstić information content (AvgIpc) is 2.86. The third kappa shape index (κ3) is 4.89. The fourth-order valence-electron chi connectivity index (χ4n) is 1.32. The van der Waals surface area contributed by atoms with E-state index in [2.05, 4.69) is 10.6 Å². The average molecular weight is 254 g/mol. The van der Waals surface area contributed by atoms with Crippen LogP contribution in [0.25, 0.3) is 0 Å². The maximum Gasteiger partial charge on any atom is 0.237 e. The van der Waals surface area contributed by atoms with E-state index < -0.39 is 0 Å². The largest absolute Gasteiger partial charge is 0.467 e. The molecule has 1 aromatic heterocycles. The molecule has 1 amide bonds. The van der Waals surface area contributed by atoms with Crippen molar-refractivity contribution in [2.75, 3.05) is 13.2 Å². The maximum absolute atomic E-state index is 11.8. The molecule has 0 radical (unpaired) electrons. The summed E-state index contributed by atoms with van der Waals surface area (Å²) in [5.74, 6) is 0.645. The molecule has 1 unspecified atom stereocenters. The van der Waals surface area contributed by atoms with Crippen molar-refractivity contribution in [2.24, 2.45) is 5.41 Å². The summed E-state index contributed by atoms with van der Waals surface area (Å²) in [5.41, 5.74) is -0.227. The number of hydrogen-bond acceptors (Lipinski definition) is 4. The highest BCUT2D eigenvalue weighted by Crippen LogP contribution is 2.11. The lowest BCUT2D eigenvalue weighted by Gasteiger charge is -2.24. The van der Waals surface area contributed by atoms with Crippen molar-refractivity contribution in [3.05, 3.63) is 24.2 Å². The molecule has 0 aromatic carbocycles. The van der Waals surface area contributed by atoms with Crippen LogP contribution < -0.4 is 10.6 Å². The fourth-order valence-corrected chi connectivity index (χ4v) is 1.32. The van der Waals surface area contributed by atoms with E-state index >= 15 is 0 Å². The van der Waals surface area contributed by atoms with Crippen molar-refractivity contribution in [3.63, 3.8) is 0 Å². The SMILES string of the molecule is CC(NCC(C)(C)CO)C(=O)NCc1ccco1. The molecule has 0 aliphatic heterocycles. The van der Waals surface area contributed by atoms with Crippen LogP contribution in [0, 0.1) is 5.41 Å². The first-order valence-electron chi connectivity index (χ1n) is 6.09. The Bertz CT molecular complexity index is 360. The van der Waals surface area contributed by atoms with Gasteiger partial charge in [-0.2, -0.15) is 0 Å². The zero-order valence-electron chi connectivity index (χ0n) is 11.2. The van der Waals surface area contributed by atoms with Crippen molar-refractivity contribution < 1.29 is 14.3 Å². The number of aliphatic hydroxyl groups excluding tert-OH is 1. The van der Waals surface area contributed by atoms with Crippen LogP contribution in [0.15, 0.2) is 22.8 Å². The van der Waals surface area contributed by atoms with Crippen LogP contribution in [0.4, 0.5) is 0 Å². The predicted molar refractivity (Wildman–Crippen MR) is 68.9 cm³/mol. The van der Waals surface area contributed by atoms with Gasteiger partial charge in [0.25, 0.3) is 0 Å². The molecule has 1 atom stereocenters. The highest BCUT2D eigenvalue weighted by molar-refractivity contribution is 5.81.